The Morgan fingerprint density at radius 2 is 1.89 bits per heavy atom. The molecular weight excluding hydrogens is 240 g/mol. The summed E-state index contributed by atoms with van der Waals surface area (Å²) >= 11 is 0. The summed E-state index contributed by atoms with van der Waals surface area (Å²) in [5, 5.41) is 0. The van der Waals surface area contributed by atoms with Crippen molar-refractivity contribution in [3.63, 3.8) is 0 Å². The molecule has 1 amide bonds. The molecule has 0 radical (unpaired) electrons. The van der Waals surface area contributed by atoms with Crippen molar-refractivity contribution in [2.45, 2.75) is 51.3 Å². The summed E-state index contributed by atoms with van der Waals surface area (Å²) in [5.74, 6) is 0. The number of hydrogen-bond acceptors (Lipinski definition) is 3. The van der Waals surface area contributed by atoms with E-state index >= 15 is 0 Å². The number of benzene rings is 1. The number of nitrogen functional groups attached to an aromatic ring is 1. The third-order valence-corrected chi connectivity index (χ3v) is 3.82. The van der Waals surface area contributed by atoms with Crippen LogP contribution in [0.3, 0.4) is 0 Å². The van der Waals surface area contributed by atoms with Crippen molar-refractivity contribution in [3.05, 3.63) is 29.3 Å². The van der Waals surface area contributed by atoms with Crippen LogP contribution in [0.25, 0.3) is 0 Å². The van der Waals surface area contributed by atoms with Gasteiger partial charge in [0.2, 0.25) is 0 Å². The molecule has 2 aliphatic rings. The number of ether oxygens (including phenoxy) is 1. The van der Waals surface area contributed by atoms with Crippen LogP contribution in [-0.4, -0.2) is 16.6 Å². The van der Waals surface area contributed by atoms with Crippen molar-refractivity contribution in [2.75, 3.05) is 5.73 Å². The van der Waals surface area contributed by atoms with Crippen molar-refractivity contribution < 1.29 is 9.53 Å². The zero-order valence-electron chi connectivity index (χ0n) is 11.6. The summed E-state index contributed by atoms with van der Waals surface area (Å²) < 4.78 is 5.52. The van der Waals surface area contributed by atoms with Gasteiger partial charge in [0.1, 0.15) is 5.60 Å². The van der Waals surface area contributed by atoms with Crippen LogP contribution < -0.4 is 5.73 Å². The fourth-order valence-electron chi connectivity index (χ4n) is 3.18. The smallest absolute Gasteiger partial charge is 0.411 e. The van der Waals surface area contributed by atoms with E-state index in [0.29, 0.717) is 0 Å². The number of nitrogens with zero attached hydrogens (tertiary/aromatic N) is 1. The third-order valence-electron chi connectivity index (χ3n) is 3.82. The predicted molar refractivity (Wildman–Crippen MR) is 73.6 cm³/mol. The minimum Gasteiger partial charge on any atom is -0.444 e. The summed E-state index contributed by atoms with van der Waals surface area (Å²) in [6.07, 6.45) is 1.80. The van der Waals surface area contributed by atoms with Crippen LogP contribution in [0.1, 0.15) is 56.8 Å². The first-order chi connectivity index (χ1) is 8.87. The average Bonchev–Trinajstić information content (AvgIpc) is 2.82. The number of amides is 1. The summed E-state index contributed by atoms with van der Waals surface area (Å²) in [4.78, 5) is 14.2. The van der Waals surface area contributed by atoms with Gasteiger partial charge in [0.25, 0.3) is 0 Å². The van der Waals surface area contributed by atoms with E-state index < -0.39 is 5.60 Å². The molecule has 2 bridgehead atoms. The Morgan fingerprint density at radius 3 is 2.53 bits per heavy atom. The van der Waals surface area contributed by atoms with Crippen molar-refractivity contribution >= 4 is 11.8 Å². The van der Waals surface area contributed by atoms with E-state index in [4.69, 9.17) is 10.5 Å². The lowest BCUT2D eigenvalue weighted by molar-refractivity contribution is 0.0177. The van der Waals surface area contributed by atoms with Gasteiger partial charge in [-0.3, -0.25) is 4.90 Å². The molecule has 2 atom stereocenters. The molecule has 4 nitrogen and oxygen atoms in total. The minimum absolute atomic E-state index is 0.137. The summed E-state index contributed by atoms with van der Waals surface area (Å²) in [6.45, 7) is 5.69. The van der Waals surface area contributed by atoms with Gasteiger partial charge >= 0.3 is 6.09 Å². The van der Waals surface area contributed by atoms with Crippen LogP contribution in [0.15, 0.2) is 18.2 Å². The van der Waals surface area contributed by atoms with Gasteiger partial charge < -0.3 is 10.5 Å². The van der Waals surface area contributed by atoms with E-state index in [-0.39, 0.29) is 18.2 Å². The van der Waals surface area contributed by atoms with Gasteiger partial charge in [0.05, 0.1) is 12.1 Å². The first kappa shape index (κ1) is 12.3. The Bertz CT molecular complexity index is 533. The Kier molecular flexibility index (Phi) is 2.52. The second-order valence-corrected chi connectivity index (χ2v) is 6.38. The van der Waals surface area contributed by atoms with Crippen molar-refractivity contribution in [2.24, 2.45) is 0 Å². The van der Waals surface area contributed by atoms with Gasteiger partial charge in [-0.2, -0.15) is 0 Å². The lowest BCUT2D eigenvalue weighted by Gasteiger charge is -2.27. The maximum absolute atomic E-state index is 12.3. The molecule has 0 aromatic heterocycles. The maximum Gasteiger partial charge on any atom is 0.411 e. The van der Waals surface area contributed by atoms with Crippen LogP contribution in [0.4, 0.5) is 10.5 Å². The maximum atomic E-state index is 12.3. The molecule has 3 rings (SSSR count). The highest BCUT2D eigenvalue weighted by atomic mass is 16.6. The fourth-order valence-corrected chi connectivity index (χ4v) is 3.18. The second-order valence-electron chi connectivity index (χ2n) is 6.38. The molecule has 4 heteroatoms. The van der Waals surface area contributed by atoms with Crippen LogP contribution >= 0.6 is 0 Å². The predicted octanol–water partition coefficient (Wildman–Crippen LogP) is 3.40. The highest BCUT2D eigenvalue weighted by Crippen LogP contribution is 2.53. The quantitative estimate of drug-likeness (QED) is 0.727. The molecular formula is C15H20N2O2. The molecule has 1 saturated heterocycles. The van der Waals surface area contributed by atoms with Crippen LogP contribution in [0, 0.1) is 0 Å². The first-order valence-corrected chi connectivity index (χ1v) is 6.77. The standard InChI is InChI=1S/C15H20N2O2/c1-15(2,3)19-14(18)17-12-6-7-13(17)11-8-9(16)4-5-10(11)12/h4-5,8,12-13H,6-7,16H2,1-3H3/t12-,13+/m1/s1. The van der Waals surface area contributed by atoms with E-state index in [1.54, 1.807) is 0 Å². The van der Waals surface area contributed by atoms with E-state index in [2.05, 4.69) is 0 Å². The lowest BCUT2D eigenvalue weighted by atomic mass is 9.91. The molecule has 19 heavy (non-hydrogen) atoms. The van der Waals surface area contributed by atoms with Crippen LogP contribution in [-0.2, 0) is 4.74 Å². The molecule has 0 saturated carbocycles. The van der Waals surface area contributed by atoms with Gasteiger partial charge in [-0.05, 0) is 56.9 Å². The number of fused-ring (bicyclic) bond motifs is 5. The normalized spacial score (nSPS) is 24.5. The zero-order valence-corrected chi connectivity index (χ0v) is 11.6. The molecule has 102 valence electrons. The highest BCUT2D eigenvalue weighted by Gasteiger charge is 2.47. The summed E-state index contributed by atoms with van der Waals surface area (Å²) in [7, 11) is 0. The number of rotatable bonds is 0. The van der Waals surface area contributed by atoms with Gasteiger partial charge in [-0.15, -0.1) is 0 Å². The number of hydrogen-bond donors (Lipinski definition) is 1. The first-order valence-electron chi connectivity index (χ1n) is 6.77. The number of anilines is 1. The molecule has 1 fully saturated rings. The molecule has 1 aromatic carbocycles. The van der Waals surface area contributed by atoms with E-state index in [9.17, 15) is 4.79 Å². The summed E-state index contributed by atoms with van der Waals surface area (Å²) in [6, 6.07) is 6.25. The fraction of sp³-hybridized carbons (Fsp3) is 0.533. The Hall–Kier alpha value is -1.71. The Morgan fingerprint density at radius 1 is 1.26 bits per heavy atom. The van der Waals surface area contributed by atoms with Gasteiger partial charge in [0.15, 0.2) is 0 Å². The average molecular weight is 260 g/mol. The number of nitrogens with two attached hydrogens (primary N) is 1. The number of carbonyl (C=O) groups is 1. The molecule has 0 aliphatic carbocycles. The third kappa shape index (κ3) is 1.95. The topological polar surface area (TPSA) is 55.6 Å². The van der Waals surface area contributed by atoms with E-state index in [1.165, 1.54) is 11.1 Å². The van der Waals surface area contributed by atoms with Gasteiger partial charge in [-0.25, -0.2) is 4.79 Å². The monoisotopic (exact) mass is 260 g/mol. The van der Waals surface area contributed by atoms with Gasteiger partial charge in [-0.1, -0.05) is 6.07 Å². The largest absolute Gasteiger partial charge is 0.444 e. The molecule has 0 spiro atoms. The van der Waals surface area contributed by atoms with Crippen LogP contribution in [0.2, 0.25) is 0 Å². The molecule has 2 aliphatic heterocycles. The SMILES string of the molecule is CC(C)(C)OC(=O)N1[C@@H]2CC[C@H]1c1cc(N)ccc12. The molecule has 0 unspecified atom stereocenters. The molecule has 1 aromatic rings. The minimum atomic E-state index is -0.454. The molecule has 2 N–H and O–H groups in total. The molecule has 2 heterocycles. The Labute approximate surface area is 113 Å². The van der Waals surface area contributed by atoms with E-state index in [1.807, 2.05) is 43.9 Å². The zero-order chi connectivity index (χ0) is 13.8. The van der Waals surface area contributed by atoms with Gasteiger partial charge in [0, 0.05) is 5.69 Å². The Balaban J connectivity index is 1.90. The van der Waals surface area contributed by atoms with E-state index in [0.717, 1.165) is 18.5 Å². The number of carbonyl (C=O) groups excluding carboxylic acids is 1. The van der Waals surface area contributed by atoms with Crippen LogP contribution in [0.5, 0.6) is 0 Å². The van der Waals surface area contributed by atoms with Crippen molar-refractivity contribution in [1.29, 1.82) is 0 Å². The highest BCUT2D eigenvalue weighted by molar-refractivity contribution is 5.72. The summed E-state index contributed by atoms with van der Waals surface area (Å²) in [5.41, 5.74) is 8.59. The lowest BCUT2D eigenvalue weighted by Crippen LogP contribution is -2.34. The second kappa shape index (κ2) is 3.89. The van der Waals surface area contributed by atoms with Crippen molar-refractivity contribution in [3.8, 4) is 0 Å². The van der Waals surface area contributed by atoms with Crippen molar-refractivity contribution in [1.82, 2.24) is 4.90 Å².